The largest absolute Gasteiger partial charge is 0.352 e. The minimum atomic E-state index is -0.271. The molecular weight excluding hydrogens is 372 g/mol. The number of nitrogens with zero attached hydrogens (tertiary/aromatic N) is 4. The predicted octanol–water partition coefficient (Wildman–Crippen LogP) is 0.0554. The number of pyridine rings is 1. The van der Waals surface area contributed by atoms with Crippen molar-refractivity contribution in [1.29, 1.82) is 0 Å². The molecule has 2 amide bonds. The molecule has 152 valence electrons. The SMILES string of the molecule is CC(=O)NCC(=O)NC[C@H]1[C@H]2C[C@H](CN(c3ncccn3)C2)c2cccc(=O)n21. The number of piperidine rings is 1. The second-order valence-electron chi connectivity index (χ2n) is 7.59. The van der Waals surface area contributed by atoms with Gasteiger partial charge in [0.25, 0.3) is 5.56 Å². The van der Waals surface area contributed by atoms with E-state index in [4.69, 9.17) is 0 Å². The van der Waals surface area contributed by atoms with Gasteiger partial charge in [0.1, 0.15) is 0 Å². The molecule has 0 saturated carbocycles. The first kappa shape index (κ1) is 19.1. The van der Waals surface area contributed by atoms with Crippen LogP contribution in [0.5, 0.6) is 0 Å². The fourth-order valence-corrected chi connectivity index (χ4v) is 4.41. The van der Waals surface area contributed by atoms with E-state index in [1.54, 1.807) is 30.6 Å². The van der Waals surface area contributed by atoms with Crippen molar-refractivity contribution in [3.63, 3.8) is 0 Å². The van der Waals surface area contributed by atoms with Crippen LogP contribution >= 0.6 is 0 Å². The Morgan fingerprint density at radius 2 is 1.93 bits per heavy atom. The fourth-order valence-electron chi connectivity index (χ4n) is 4.41. The lowest BCUT2D eigenvalue weighted by Gasteiger charge is -2.47. The van der Waals surface area contributed by atoms with Crippen LogP contribution in [0.2, 0.25) is 0 Å². The second kappa shape index (κ2) is 8.02. The van der Waals surface area contributed by atoms with Crippen molar-refractivity contribution in [3.05, 3.63) is 52.7 Å². The Morgan fingerprint density at radius 1 is 1.14 bits per heavy atom. The van der Waals surface area contributed by atoms with Crippen LogP contribution in [0.15, 0.2) is 41.5 Å². The lowest BCUT2D eigenvalue weighted by molar-refractivity contribution is -0.125. The molecule has 0 radical (unpaired) electrons. The molecule has 2 aliphatic heterocycles. The van der Waals surface area contributed by atoms with Crippen molar-refractivity contribution in [2.75, 3.05) is 31.1 Å². The van der Waals surface area contributed by atoms with E-state index in [0.717, 1.165) is 18.7 Å². The number of hydrogen-bond donors (Lipinski definition) is 2. The monoisotopic (exact) mass is 396 g/mol. The molecule has 2 aromatic heterocycles. The van der Waals surface area contributed by atoms with E-state index in [2.05, 4.69) is 25.5 Å². The van der Waals surface area contributed by atoms with Gasteiger partial charge in [-0.3, -0.25) is 14.4 Å². The molecule has 0 spiro atoms. The molecule has 9 heteroatoms. The average molecular weight is 396 g/mol. The van der Waals surface area contributed by atoms with Crippen LogP contribution < -0.4 is 21.1 Å². The Hall–Kier alpha value is -3.23. The number of nitrogens with one attached hydrogen (secondary N) is 2. The molecule has 1 fully saturated rings. The minimum absolute atomic E-state index is 0.0530. The summed E-state index contributed by atoms with van der Waals surface area (Å²) in [6.07, 6.45) is 4.40. The van der Waals surface area contributed by atoms with Crippen LogP contribution in [0.4, 0.5) is 5.95 Å². The Morgan fingerprint density at radius 3 is 2.69 bits per heavy atom. The molecule has 29 heavy (non-hydrogen) atoms. The van der Waals surface area contributed by atoms with Gasteiger partial charge in [0.15, 0.2) is 0 Å². The van der Waals surface area contributed by atoms with Crippen LogP contribution in [0.1, 0.15) is 31.0 Å². The van der Waals surface area contributed by atoms with Gasteiger partial charge in [-0.1, -0.05) is 6.07 Å². The third kappa shape index (κ3) is 3.98. The number of carbonyl (C=O) groups excluding carboxylic acids is 2. The molecule has 3 atom stereocenters. The number of hydrogen-bond acceptors (Lipinski definition) is 6. The van der Waals surface area contributed by atoms with Gasteiger partial charge in [-0.05, 0) is 24.5 Å². The molecule has 4 heterocycles. The standard InChI is InChI=1S/C20H24N6O3/c1-13(27)23-10-18(28)24-9-17-15-8-14(16-4-2-5-19(29)26(16)17)11-25(12-15)20-21-6-3-7-22-20/h2-7,14-15,17H,8-12H2,1H3,(H,23,27)(H,24,28)/t14-,15+,17+/m1/s1. The van der Waals surface area contributed by atoms with Crippen LogP contribution in [-0.2, 0) is 9.59 Å². The molecule has 4 rings (SSSR count). The highest BCUT2D eigenvalue weighted by atomic mass is 16.2. The highest BCUT2D eigenvalue weighted by Crippen LogP contribution is 2.41. The summed E-state index contributed by atoms with van der Waals surface area (Å²) in [7, 11) is 0. The number of amides is 2. The summed E-state index contributed by atoms with van der Waals surface area (Å²) in [5.74, 6) is 0.534. The number of rotatable bonds is 5. The first-order valence-electron chi connectivity index (χ1n) is 9.77. The van der Waals surface area contributed by atoms with E-state index in [1.807, 2.05) is 10.6 Å². The Bertz CT molecular complexity index is 960. The molecule has 9 nitrogen and oxygen atoms in total. The lowest BCUT2D eigenvalue weighted by atomic mass is 9.78. The number of carbonyl (C=O) groups is 2. The first-order chi connectivity index (χ1) is 14.0. The van der Waals surface area contributed by atoms with Crippen LogP contribution in [-0.4, -0.2) is 52.5 Å². The number of anilines is 1. The van der Waals surface area contributed by atoms with Crippen molar-refractivity contribution in [1.82, 2.24) is 25.2 Å². The van der Waals surface area contributed by atoms with E-state index < -0.39 is 0 Å². The van der Waals surface area contributed by atoms with Gasteiger partial charge in [-0.15, -0.1) is 0 Å². The van der Waals surface area contributed by atoms with Gasteiger partial charge < -0.3 is 20.1 Å². The summed E-state index contributed by atoms with van der Waals surface area (Å²) in [4.78, 5) is 46.7. The predicted molar refractivity (Wildman–Crippen MR) is 107 cm³/mol. The Balaban J connectivity index is 1.58. The molecule has 0 aromatic carbocycles. The molecule has 0 unspecified atom stereocenters. The van der Waals surface area contributed by atoms with Crippen molar-refractivity contribution in [3.8, 4) is 0 Å². The van der Waals surface area contributed by atoms with Gasteiger partial charge in [0.2, 0.25) is 17.8 Å². The third-order valence-electron chi connectivity index (χ3n) is 5.64. The number of fused-ring (bicyclic) bond motifs is 4. The van der Waals surface area contributed by atoms with Gasteiger partial charge in [0.05, 0.1) is 12.6 Å². The molecule has 2 bridgehead atoms. The summed E-state index contributed by atoms with van der Waals surface area (Å²) in [6.45, 7) is 3.10. The highest BCUT2D eigenvalue weighted by molar-refractivity contribution is 5.83. The lowest BCUT2D eigenvalue weighted by Crippen LogP contribution is -2.52. The maximum absolute atomic E-state index is 12.7. The van der Waals surface area contributed by atoms with Gasteiger partial charge in [0, 0.05) is 56.6 Å². The maximum Gasteiger partial charge on any atom is 0.251 e. The van der Waals surface area contributed by atoms with Gasteiger partial charge in [-0.2, -0.15) is 0 Å². The summed E-state index contributed by atoms with van der Waals surface area (Å²) < 4.78 is 1.83. The van der Waals surface area contributed by atoms with E-state index in [1.165, 1.54) is 6.92 Å². The third-order valence-corrected chi connectivity index (χ3v) is 5.64. The molecule has 2 N–H and O–H groups in total. The van der Waals surface area contributed by atoms with Gasteiger partial charge in [-0.25, -0.2) is 9.97 Å². The molecule has 1 saturated heterocycles. The zero-order valence-electron chi connectivity index (χ0n) is 16.2. The summed E-state index contributed by atoms with van der Waals surface area (Å²) in [5, 5.41) is 5.36. The molecular formula is C20H24N6O3. The van der Waals surface area contributed by atoms with Gasteiger partial charge >= 0.3 is 0 Å². The normalized spacial score (nSPS) is 22.5. The van der Waals surface area contributed by atoms with E-state index in [-0.39, 0.29) is 41.8 Å². The van der Waals surface area contributed by atoms with E-state index in [9.17, 15) is 14.4 Å². The number of aromatic nitrogens is 3. The van der Waals surface area contributed by atoms with Crippen molar-refractivity contribution in [2.45, 2.75) is 25.3 Å². The zero-order valence-corrected chi connectivity index (χ0v) is 16.2. The molecule has 2 aliphatic rings. The summed E-state index contributed by atoms with van der Waals surface area (Å²) in [5.41, 5.74) is 0.929. The molecule has 2 aromatic rings. The second-order valence-corrected chi connectivity index (χ2v) is 7.59. The van der Waals surface area contributed by atoms with Crippen molar-refractivity contribution >= 4 is 17.8 Å². The summed E-state index contributed by atoms with van der Waals surface area (Å²) >= 11 is 0. The van der Waals surface area contributed by atoms with Crippen molar-refractivity contribution in [2.24, 2.45) is 5.92 Å². The summed E-state index contributed by atoms with van der Waals surface area (Å²) in [6, 6.07) is 6.97. The van der Waals surface area contributed by atoms with Crippen LogP contribution in [0, 0.1) is 5.92 Å². The highest BCUT2D eigenvalue weighted by Gasteiger charge is 2.41. The van der Waals surface area contributed by atoms with Crippen molar-refractivity contribution < 1.29 is 9.59 Å². The minimum Gasteiger partial charge on any atom is -0.352 e. The van der Waals surface area contributed by atoms with E-state index in [0.29, 0.717) is 19.0 Å². The Labute approximate surface area is 168 Å². The quantitative estimate of drug-likeness (QED) is 0.740. The fraction of sp³-hybridized carbons (Fsp3) is 0.450. The molecule has 0 aliphatic carbocycles. The first-order valence-corrected chi connectivity index (χ1v) is 9.77. The van der Waals surface area contributed by atoms with E-state index >= 15 is 0 Å². The topological polar surface area (TPSA) is 109 Å². The maximum atomic E-state index is 12.7. The zero-order chi connectivity index (χ0) is 20.4. The smallest absolute Gasteiger partial charge is 0.251 e. The van der Waals surface area contributed by atoms with Crippen LogP contribution in [0.3, 0.4) is 0 Å². The van der Waals surface area contributed by atoms with Crippen LogP contribution in [0.25, 0.3) is 0 Å². The Kier molecular flexibility index (Phi) is 5.28. The average Bonchev–Trinajstić information content (AvgIpc) is 2.73.